The molecule has 0 aliphatic heterocycles. The van der Waals surface area contributed by atoms with Gasteiger partial charge in [-0.05, 0) is 24.6 Å². The molecule has 1 rings (SSSR count). The van der Waals surface area contributed by atoms with Crippen LogP contribution in [0.4, 0.5) is 0 Å². The van der Waals surface area contributed by atoms with Crippen LogP contribution in [0.1, 0.15) is 19.4 Å². The van der Waals surface area contributed by atoms with Crippen molar-refractivity contribution in [1.29, 1.82) is 0 Å². The summed E-state index contributed by atoms with van der Waals surface area (Å²) >= 11 is 5.79. The molecule has 0 spiro atoms. The first kappa shape index (κ1) is 14.5. The number of carbonyl (C=O) groups excluding carboxylic acids is 2. The van der Waals surface area contributed by atoms with Crippen molar-refractivity contribution in [2.24, 2.45) is 0 Å². The van der Waals surface area contributed by atoms with Crippen LogP contribution in [0.5, 0.6) is 0 Å². The molecule has 1 unspecified atom stereocenters. The van der Waals surface area contributed by atoms with Crippen LogP contribution >= 0.6 is 11.6 Å². The number of rotatable bonds is 4. The van der Waals surface area contributed by atoms with Gasteiger partial charge in [-0.1, -0.05) is 23.7 Å². The quantitative estimate of drug-likeness (QED) is 0.906. The second-order valence-corrected chi connectivity index (χ2v) is 4.68. The van der Waals surface area contributed by atoms with Crippen molar-refractivity contribution in [1.82, 2.24) is 10.2 Å². The Morgan fingerprint density at radius 2 is 1.89 bits per heavy atom. The van der Waals surface area contributed by atoms with Crippen LogP contribution in [-0.4, -0.2) is 29.8 Å². The third-order valence-electron chi connectivity index (χ3n) is 2.50. The fourth-order valence-electron chi connectivity index (χ4n) is 1.64. The van der Waals surface area contributed by atoms with Crippen molar-refractivity contribution in [3.05, 3.63) is 34.9 Å². The first-order valence-corrected chi connectivity index (χ1v) is 6.04. The Hall–Kier alpha value is -1.55. The number of amides is 2. The number of carbonyl (C=O) groups is 2. The van der Waals surface area contributed by atoms with Gasteiger partial charge in [-0.2, -0.15) is 0 Å². The van der Waals surface area contributed by atoms with Crippen molar-refractivity contribution in [2.45, 2.75) is 26.4 Å². The van der Waals surface area contributed by atoms with Crippen LogP contribution in [0, 0.1) is 0 Å². The van der Waals surface area contributed by atoms with Gasteiger partial charge in [-0.25, -0.2) is 0 Å². The highest BCUT2D eigenvalue weighted by molar-refractivity contribution is 6.30. The van der Waals surface area contributed by atoms with Crippen LogP contribution in [0.15, 0.2) is 24.3 Å². The van der Waals surface area contributed by atoms with Crippen molar-refractivity contribution in [3.8, 4) is 0 Å². The standard InChI is InChI=1S/C13H17ClN2O2/c1-9(15-10(2)17)13(18)16(3)8-11-4-6-12(14)7-5-11/h4-7,9H,8H2,1-3H3,(H,15,17). The van der Waals surface area contributed by atoms with E-state index in [0.29, 0.717) is 11.6 Å². The lowest BCUT2D eigenvalue weighted by molar-refractivity contribution is -0.134. The first-order valence-electron chi connectivity index (χ1n) is 5.66. The molecule has 0 radical (unpaired) electrons. The number of benzene rings is 1. The predicted molar refractivity (Wildman–Crippen MR) is 71.2 cm³/mol. The fraction of sp³-hybridized carbons (Fsp3) is 0.385. The Balaban J connectivity index is 2.59. The molecule has 2 amide bonds. The normalized spacial score (nSPS) is 11.8. The maximum Gasteiger partial charge on any atom is 0.244 e. The molecule has 0 heterocycles. The molecule has 0 aromatic heterocycles. The van der Waals surface area contributed by atoms with Crippen LogP contribution in [0.3, 0.4) is 0 Å². The molecule has 0 aliphatic rings. The molecule has 5 heteroatoms. The maximum atomic E-state index is 11.9. The predicted octanol–water partition coefficient (Wildman–Crippen LogP) is 1.82. The van der Waals surface area contributed by atoms with Gasteiger partial charge < -0.3 is 10.2 Å². The van der Waals surface area contributed by atoms with Crippen molar-refractivity contribution < 1.29 is 9.59 Å². The number of hydrogen-bond donors (Lipinski definition) is 1. The topological polar surface area (TPSA) is 49.4 Å². The number of nitrogens with zero attached hydrogens (tertiary/aromatic N) is 1. The van der Waals surface area contributed by atoms with Crippen molar-refractivity contribution in [3.63, 3.8) is 0 Å². The Labute approximate surface area is 112 Å². The maximum absolute atomic E-state index is 11.9. The molecule has 0 aliphatic carbocycles. The smallest absolute Gasteiger partial charge is 0.244 e. The number of halogens is 1. The Morgan fingerprint density at radius 3 is 2.39 bits per heavy atom. The van der Waals surface area contributed by atoms with Gasteiger partial charge in [0.15, 0.2) is 0 Å². The van der Waals surface area contributed by atoms with E-state index >= 15 is 0 Å². The molecule has 0 saturated heterocycles. The van der Waals surface area contributed by atoms with E-state index in [0.717, 1.165) is 5.56 Å². The molecule has 0 saturated carbocycles. The summed E-state index contributed by atoms with van der Waals surface area (Å²) in [4.78, 5) is 24.4. The molecule has 98 valence electrons. The minimum Gasteiger partial charge on any atom is -0.345 e. The SMILES string of the molecule is CC(=O)NC(C)C(=O)N(C)Cc1ccc(Cl)cc1. The summed E-state index contributed by atoms with van der Waals surface area (Å²) in [6.07, 6.45) is 0. The summed E-state index contributed by atoms with van der Waals surface area (Å²) in [5.41, 5.74) is 0.991. The zero-order valence-electron chi connectivity index (χ0n) is 10.7. The van der Waals surface area contributed by atoms with E-state index in [2.05, 4.69) is 5.32 Å². The van der Waals surface area contributed by atoms with Gasteiger partial charge >= 0.3 is 0 Å². The van der Waals surface area contributed by atoms with Crippen molar-refractivity contribution in [2.75, 3.05) is 7.05 Å². The minimum absolute atomic E-state index is 0.125. The lowest BCUT2D eigenvalue weighted by Gasteiger charge is -2.21. The molecule has 1 aromatic carbocycles. The molecule has 18 heavy (non-hydrogen) atoms. The highest BCUT2D eigenvalue weighted by Crippen LogP contribution is 2.11. The van der Waals surface area contributed by atoms with Gasteiger partial charge in [0.1, 0.15) is 6.04 Å². The lowest BCUT2D eigenvalue weighted by Crippen LogP contribution is -2.44. The highest BCUT2D eigenvalue weighted by atomic mass is 35.5. The van der Waals surface area contributed by atoms with Gasteiger partial charge in [-0.15, -0.1) is 0 Å². The molecule has 0 fully saturated rings. The second-order valence-electron chi connectivity index (χ2n) is 4.24. The van der Waals surface area contributed by atoms with Gasteiger partial charge in [0.25, 0.3) is 0 Å². The zero-order valence-corrected chi connectivity index (χ0v) is 11.5. The van der Waals surface area contributed by atoms with Gasteiger partial charge in [-0.3, -0.25) is 9.59 Å². The van der Waals surface area contributed by atoms with E-state index in [9.17, 15) is 9.59 Å². The number of likely N-dealkylation sites (N-methyl/N-ethyl adjacent to an activating group) is 1. The summed E-state index contributed by atoms with van der Waals surface area (Å²) in [5.74, 6) is -0.337. The molecule has 4 nitrogen and oxygen atoms in total. The van der Waals surface area contributed by atoms with E-state index in [1.807, 2.05) is 12.1 Å². The fourth-order valence-corrected chi connectivity index (χ4v) is 1.76. The summed E-state index contributed by atoms with van der Waals surface area (Å²) in [5, 5.41) is 3.23. The molecule has 0 bridgehead atoms. The molecular formula is C13H17ClN2O2. The van der Waals surface area contributed by atoms with Crippen LogP contribution in [0.25, 0.3) is 0 Å². The summed E-state index contributed by atoms with van der Waals surface area (Å²) in [6, 6.07) is 6.79. The molecule has 1 N–H and O–H groups in total. The van der Waals surface area contributed by atoms with E-state index in [4.69, 9.17) is 11.6 Å². The Kier molecular flexibility index (Phi) is 5.16. The minimum atomic E-state index is -0.514. The summed E-state index contributed by atoms with van der Waals surface area (Å²) in [6.45, 7) is 3.55. The highest BCUT2D eigenvalue weighted by Gasteiger charge is 2.17. The zero-order chi connectivity index (χ0) is 13.7. The third kappa shape index (κ3) is 4.37. The van der Waals surface area contributed by atoms with E-state index < -0.39 is 6.04 Å². The van der Waals surface area contributed by atoms with Crippen LogP contribution < -0.4 is 5.32 Å². The number of nitrogens with one attached hydrogen (secondary N) is 1. The second kappa shape index (κ2) is 6.40. The average Bonchev–Trinajstić information content (AvgIpc) is 2.30. The third-order valence-corrected chi connectivity index (χ3v) is 2.75. The van der Waals surface area contributed by atoms with Gasteiger partial charge in [0.05, 0.1) is 0 Å². The Morgan fingerprint density at radius 1 is 1.33 bits per heavy atom. The van der Waals surface area contributed by atoms with Crippen molar-refractivity contribution >= 4 is 23.4 Å². The molecule has 1 atom stereocenters. The molecular weight excluding hydrogens is 252 g/mol. The summed E-state index contributed by atoms with van der Waals surface area (Å²) < 4.78 is 0. The van der Waals surface area contributed by atoms with E-state index in [-0.39, 0.29) is 11.8 Å². The molecule has 1 aromatic rings. The Bertz CT molecular complexity index is 431. The van der Waals surface area contributed by atoms with E-state index in [1.54, 1.807) is 31.0 Å². The van der Waals surface area contributed by atoms with E-state index in [1.165, 1.54) is 6.92 Å². The van der Waals surface area contributed by atoms with Crippen LogP contribution in [0.2, 0.25) is 5.02 Å². The largest absolute Gasteiger partial charge is 0.345 e. The monoisotopic (exact) mass is 268 g/mol. The average molecular weight is 269 g/mol. The lowest BCUT2D eigenvalue weighted by atomic mass is 10.2. The van der Waals surface area contributed by atoms with Gasteiger partial charge in [0.2, 0.25) is 11.8 Å². The van der Waals surface area contributed by atoms with Crippen LogP contribution in [-0.2, 0) is 16.1 Å². The van der Waals surface area contributed by atoms with Gasteiger partial charge in [0, 0.05) is 25.5 Å². The first-order chi connectivity index (χ1) is 8.40. The summed E-state index contributed by atoms with van der Waals surface area (Å²) in [7, 11) is 1.70. The number of hydrogen-bond acceptors (Lipinski definition) is 2.